The van der Waals surface area contributed by atoms with E-state index in [0.717, 1.165) is 22.9 Å². The molecule has 2 aromatic heterocycles. The zero-order valence-corrected chi connectivity index (χ0v) is 15.3. The molecule has 1 atom stereocenters. The minimum absolute atomic E-state index is 0.0189. The van der Waals surface area contributed by atoms with Gasteiger partial charge in [0.25, 0.3) is 5.56 Å². The van der Waals surface area contributed by atoms with Crippen molar-refractivity contribution in [3.05, 3.63) is 76.3 Å². The molecule has 0 aliphatic heterocycles. The first-order chi connectivity index (χ1) is 13.2. The van der Waals surface area contributed by atoms with E-state index in [1.165, 1.54) is 33.4 Å². The molecule has 5 nitrogen and oxygen atoms in total. The fourth-order valence-corrected chi connectivity index (χ4v) is 4.93. The molecule has 1 aliphatic carbocycles. The lowest BCUT2D eigenvalue weighted by atomic mass is 10.1. The Morgan fingerprint density at radius 2 is 2.00 bits per heavy atom. The Kier molecular flexibility index (Phi) is 3.79. The number of nitrogens with zero attached hydrogens (tertiary/aromatic N) is 2. The number of thiophene rings is 1. The van der Waals surface area contributed by atoms with Gasteiger partial charge in [-0.05, 0) is 30.0 Å². The fourth-order valence-electron chi connectivity index (χ4n) is 3.83. The van der Waals surface area contributed by atoms with E-state index in [-0.39, 0.29) is 24.1 Å². The third kappa shape index (κ3) is 2.73. The molecule has 134 valence electrons. The number of hydrogen-bond donors (Lipinski definition) is 1. The number of nitrogens with one attached hydrogen (secondary N) is 1. The van der Waals surface area contributed by atoms with Crippen molar-refractivity contribution < 1.29 is 4.79 Å². The molecule has 2 heterocycles. The molecule has 1 amide bonds. The van der Waals surface area contributed by atoms with Gasteiger partial charge in [-0.15, -0.1) is 11.3 Å². The van der Waals surface area contributed by atoms with E-state index in [1.807, 2.05) is 36.4 Å². The van der Waals surface area contributed by atoms with Crippen LogP contribution in [0.25, 0.3) is 20.3 Å². The number of rotatable bonds is 3. The number of fused-ring (bicyclic) bond motifs is 4. The molecule has 0 spiro atoms. The van der Waals surface area contributed by atoms with Crippen molar-refractivity contribution >= 4 is 37.5 Å². The summed E-state index contributed by atoms with van der Waals surface area (Å²) in [6.07, 6.45) is 3.34. The second-order valence-electron chi connectivity index (χ2n) is 6.81. The van der Waals surface area contributed by atoms with E-state index in [9.17, 15) is 9.59 Å². The van der Waals surface area contributed by atoms with Crippen LogP contribution in [0.2, 0.25) is 0 Å². The molecule has 6 heteroatoms. The smallest absolute Gasteiger partial charge is 0.271 e. The van der Waals surface area contributed by atoms with Gasteiger partial charge in [-0.1, -0.05) is 42.5 Å². The van der Waals surface area contributed by atoms with Crippen LogP contribution in [0.1, 0.15) is 23.6 Å². The van der Waals surface area contributed by atoms with Crippen LogP contribution < -0.4 is 10.9 Å². The average Bonchev–Trinajstić information content (AvgIpc) is 3.26. The summed E-state index contributed by atoms with van der Waals surface area (Å²) in [5.41, 5.74) is 3.01. The number of carbonyl (C=O) groups excluding carboxylic acids is 1. The lowest BCUT2D eigenvalue weighted by molar-refractivity contribution is -0.122. The van der Waals surface area contributed by atoms with Gasteiger partial charge >= 0.3 is 0 Å². The molecular weight excluding hydrogens is 358 g/mol. The molecule has 0 fully saturated rings. The van der Waals surface area contributed by atoms with Crippen molar-refractivity contribution in [3.63, 3.8) is 0 Å². The maximum atomic E-state index is 12.8. The Bertz CT molecular complexity index is 1240. The van der Waals surface area contributed by atoms with Crippen molar-refractivity contribution in [2.75, 3.05) is 0 Å². The van der Waals surface area contributed by atoms with Crippen molar-refractivity contribution in [2.24, 2.45) is 0 Å². The van der Waals surface area contributed by atoms with Crippen LogP contribution in [0, 0.1) is 0 Å². The van der Waals surface area contributed by atoms with Crippen molar-refractivity contribution in [1.29, 1.82) is 0 Å². The van der Waals surface area contributed by atoms with Gasteiger partial charge in [-0.3, -0.25) is 14.2 Å². The van der Waals surface area contributed by atoms with Crippen molar-refractivity contribution in [3.8, 4) is 0 Å². The van der Waals surface area contributed by atoms with Crippen LogP contribution >= 0.6 is 11.3 Å². The summed E-state index contributed by atoms with van der Waals surface area (Å²) >= 11 is 1.43. The van der Waals surface area contributed by atoms with E-state index in [4.69, 9.17) is 0 Å². The zero-order valence-electron chi connectivity index (χ0n) is 14.5. The largest absolute Gasteiger partial charge is 0.348 e. The van der Waals surface area contributed by atoms with E-state index in [1.54, 1.807) is 0 Å². The standard InChI is InChI=1S/C21H17N3O2S/c25-18(23-16-10-9-13-5-1-2-6-14(13)16)11-24-12-22-19-15-7-3-4-8-17(15)27-20(19)21(24)26/h1-8,12,16H,9-11H2,(H,23,25)/t16-/m1/s1. The van der Waals surface area contributed by atoms with Crippen molar-refractivity contribution in [1.82, 2.24) is 14.9 Å². The van der Waals surface area contributed by atoms with E-state index >= 15 is 0 Å². The van der Waals surface area contributed by atoms with Crippen LogP contribution in [0.15, 0.2) is 59.7 Å². The lowest BCUT2D eigenvalue weighted by Crippen LogP contribution is -2.34. The highest BCUT2D eigenvalue weighted by atomic mass is 32.1. The molecule has 27 heavy (non-hydrogen) atoms. The molecule has 5 rings (SSSR count). The highest BCUT2D eigenvalue weighted by molar-refractivity contribution is 7.25. The first kappa shape index (κ1) is 16.2. The Balaban J connectivity index is 1.41. The number of aryl methyl sites for hydroxylation is 1. The second kappa shape index (κ2) is 6.32. The number of amides is 1. The van der Waals surface area contributed by atoms with Crippen LogP contribution in [-0.2, 0) is 17.8 Å². The Morgan fingerprint density at radius 1 is 1.19 bits per heavy atom. The average molecular weight is 375 g/mol. The Labute approximate surface area is 159 Å². The summed E-state index contributed by atoms with van der Waals surface area (Å²) in [5.74, 6) is -0.166. The maximum absolute atomic E-state index is 12.8. The van der Waals surface area contributed by atoms with Crippen LogP contribution in [-0.4, -0.2) is 15.5 Å². The summed E-state index contributed by atoms with van der Waals surface area (Å²) in [6, 6.07) is 16.0. The van der Waals surface area contributed by atoms with E-state index in [0.29, 0.717) is 10.2 Å². The molecule has 2 aromatic carbocycles. The lowest BCUT2D eigenvalue weighted by Gasteiger charge is -2.14. The molecule has 0 radical (unpaired) electrons. The molecule has 0 unspecified atom stereocenters. The molecule has 0 bridgehead atoms. The first-order valence-electron chi connectivity index (χ1n) is 8.94. The van der Waals surface area contributed by atoms with Gasteiger partial charge in [0.05, 0.1) is 17.9 Å². The highest BCUT2D eigenvalue weighted by Crippen LogP contribution is 2.31. The van der Waals surface area contributed by atoms with Gasteiger partial charge in [-0.25, -0.2) is 4.98 Å². The van der Waals surface area contributed by atoms with Gasteiger partial charge in [0.2, 0.25) is 5.91 Å². The Morgan fingerprint density at radius 3 is 2.93 bits per heavy atom. The minimum atomic E-state index is -0.166. The molecule has 0 saturated heterocycles. The number of benzene rings is 2. The summed E-state index contributed by atoms with van der Waals surface area (Å²) in [6.45, 7) is -0.0192. The Hall–Kier alpha value is -2.99. The zero-order chi connectivity index (χ0) is 18.4. The van der Waals surface area contributed by atoms with Gasteiger partial charge in [0.1, 0.15) is 11.2 Å². The maximum Gasteiger partial charge on any atom is 0.271 e. The topological polar surface area (TPSA) is 64.0 Å². The van der Waals surface area contributed by atoms with Crippen LogP contribution in [0.3, 0.4) is 0 Å². The normalized spacial score (nSPS) is 15.9. The molecule has 1 aliphatic rings. The quantitative estimate of drug-likeness (QED) is 0.597. The molecule has 0 saturated carbocycles. The third-order valence-corrected chi connectivity index (χ3v) is 6.28. The summed E-state index contributed by atoms with van der Waals surface area (Å²) in [5, 5.41) is 4.04. The van der Waals surface area contributed by atoms with Crippen LogP contribution in [0.5, 0.6) is 0 Å². The molecular formula is C21H17N3O2S. The number of carbonyl (C=O) groups is 1. The van der Waals surface area contributed by atoms with Gasteiger partial charge in [0, 0.05) is 10.1 Å². The van der Waals surface area contributed by atoms with E-state index < -0.39 is 0 Å². The summed E-state index contributed by atoms with van der Waals surface area (Å²) in [7, 11) is 0. The van der Waals surface area contributed by atoms with Gasteiger partial charge in [-0.2, -0.15) is 0 Å². The first-order valence-corrected chi connectivity index (χ1v) is 9.76. The minimum Gasteiger partial charge on any atom is -0.348 e. The van der Waals surface area contributed by atoms with E-state index in [2.05, 4.69) is 22.4 Å². The van der Waals surface area contributed by atoms with Crippen molar-refractivity contribution in [2.45, 2.75) is 25.4 Å². The predicted molar refractivity (Wildman–Crippen MR) is 107 cm³/mol. The fraction of sp³-hybridized carbons (Fsp3) is 0.190. The predicted octanol–water partition coefficient (Wildman–Crippen LogP) is 3.41. The molecule has 4 aromatic rings. The monoisotopic (exact) mass is 375 g/mol. The number of aromatic nitrogens is 2. The van der Waals surface area contributed by atoms with Gasteiger partial charge in [0.15, 0.2) is 0 Å². The molecule has 1 N–H and O–H groups in total. The highest BCUT2D eigenvalue weighted by Gasteiger charge is 2.23. The van der Waals surface area contributed by atoms with Gasteiger partial charge < -0.3 is 5.32 Å². The SMILES string of the molecule is O=C(Cn1cnc2c(sc3ccccc32)c1=O)N[C@@H]1CCc2ccccc21. The summed E-state index contributed by atoms with van der Waals surface area (Å²) in [4.78, 5) is 29.8. The second-order valence-corrected chi connectivity index (χ2v) is 7.86. The van der Waals surface area contributed by atoms with Crippen LogP contribution in [0.4, 0.5) is 0 Å². The third-order valence-electron chi connectivity index (χ3n) is 5.13. The number of hydrogen-bond acceptors (Lipinski definition) is 4. The summed E-state index contributed by atoms with van der Waals surface area (Å²) < 4.78 is 3.02.